The lowest BCUT2D eigenvalue weighted by Crippen LogP contribution is -2.70. The predicted octanol–water partition coefficient (Wildman–Crippen LogP) is -0.742. The molecule has 0 bridgehead atoms. The van der Waals surface area contributed by atoms with E-state index in [1.165, 1.54) is 6.92 Å². The molecule has 418 valence electrons. The number of esters is 5. The quantitative estimate of drug-likeness (QED) is 0.0360. The van der Waals surface area contributed by atoms with Crippen molar-refractivity contribution < 1.29 is 105 Å². The molecule has 1 saturated heterocycles. The number of ether oxygens (including phenoxy) is 13. The zero-order chi connectivity index (χ0) is 54.7. The van der Waals surface area contributed by atoms with Gasteiger partial charge in [-0.05, 0) is 17.7 Å². The van der Waals surface area contributed by atoms with Gasteiger partial charge in [-0.3, -0.25) is 38.4 Å². The summed E-state index contributed by atoms with van der Waals surface area (Å²) in [5.41, 5.74) is 0.578. The highest BCUT2D eigenvalue weighted by Crippen LogP contribution is 2.37. The summed E-state index contributed by atoms with van der Waals surface area (Å²) < 4.78 is 71.8. The number of carbonyl (C=O) groups excluding carboxylic acids is 9. The fraction of sp³-hybridized carbons (Fsp3) is 0.681. The Kier molecular flexibility index (Phi) is 32.4. The molecule has 1 aromatic rings. The van der Waals surface area contributed by atoms with Crippen molar-refractivity contribution in [2.75, 3.05) is 119 Å². The van der Waals surface area contributed by atoms with Gasteiger partial charge >= 0.3 is 29.8 Å². The van der Waals surface area contributed by atoms with Crippen molar-refractivity contribution in [1.82, 2.24) is 21.3 Å². The first-order valence-corrected chi connectivity index (χ1v) is 24.1. The summed E-state index contributed by atoms with van der Waals surface area (Å²) in [5.74, 6) is -9.07. The third kappa shape index (κ3) is 28.2. The third-order valence-electron chi connectivity index (χ3n) is 9.90. The summed E-state index contributed by atoms with van der Waals surface area (Å²) in [6.45, 7) is 7.43. The molecule has 0 spiro atoms. The lowest BCUT2D eigenvalue weighted by atomic mass is 9.87. The summed E-state index contributed by atoms with van der Waals surface area (Å²) >= 11 is 5.98. The minimum Gasteiger partial charge on any atom is -0.465 e. The molecule has 26 nitrogen and oxygen atoms in total. The van der Waals surface area contributed by atoms with E-state index < -0.39 is 97.5 Å². The molecule has 74 heavy (non-hydrogen) atoms. The Hall–Kier alpha value is -5.58. The molecule has 0 unspecified atom stereocenters. The standard InChI is InChI=1S/C47H71ClN4O22/c1-31(53)49-12-15-64-18-21-67-24-23-66-20-17-63-14-11-40(58)50-13-16-65-19-22-68-25-26-70-47(46(61)62-6)28-38(71-33(3)55)43(52-42(60)30-69-32(2)54)45(74-47)44(73-35(5)57)39(72-34(4)56)29-51-41(59)27-36-7-9-37(48)10-8-36/h7-10,38-39,43-45H,11-30H2,1-6H3,(H,49,53)(H,50,58)(H,51,59)(H,52,60)/t38-,39+,43+,44+,45+,47+/m0/s1. The first-order valence-electron chi connectivity index (χ1n) is 23.7. The second-order valence-corrected chi connectivity index (χ2v) is 16.4. The van der Waals surface area contributed by atoms with Crippen molar-refractivity contribution in [2.45, 2.75) is 90.1 Å². The van der Waals surface area contributed by atoms with Gasteiger partial charge in [-0.2, -0.15) is 0 Å². The van der Waals surface area contributed by atoms with Crippen molar-refractivity contribution in [3.63, 3.8) is 0 Å². The van der Waals surface area contributed by atoms with Gasteiger partial charge in [-0.15, -0.1) is 0 Å². The van der Waals surface area contributed by atoms with Gasteiger partial charge < -0.3 is 82.8 Å². The monoisotopic (exact) mass is 1080 g/mol. The van der Waals surface area contributed by atoms with Crippen molar-refractivity contribution in [3.8, 4) is 0 Å². The summed E-state index contributed by atoms with van der Waals surface area (Å²) in [5, 5.41) is 10.9. The smallest absolute Gasteiger partial charge is 0.366 e. The lowest BCUT2D eigenvalue weighted by Gasteiger charge is -2.48. The second kappa shape index (κ2) is 37.2. The van der Waals surface area contributed by atoms with Crippen LogP contribution in [0.25, 0.3) is 0 Å². The molecule has 1 aliphatic rings. The highest BCUT2D eigenvalue weighted by atomic mass is 35.5. The summed E-state index contributed by atoms with van der Waals surface area (Å²) in [6.07, 6.45) is -7.38. The van der Waals surface area contributed by atoms with Gasteiger partial charge in [0.25, 0.3) is 11.7 Å². The van der Waals surface area contributed by atoms with E-state index in [-0.39, 0.29) is 70.8 Å². The Balaban J connectivity index is 2.01. The molecular weight excluding hydrogens is 1010 g/mol. The molecule has 4 amide bonds. The van der Waals surface area contributed by atoms with Crippen LogP contribution in [-0.4, -0.2) is 209 Å². The van der Waals surface area contributed by atoms with E-state index in [1.54, 1.807) is 24.3 Å². The molecule has 0 radical (unpaired) electrons. The first kappa shape index (κ1) is 64.5. The molecule has 1 heterocycles. The van der Waals surface area contributed by atoms with Gasteiger partial charge in [0.2, 0.25) is 17.7 Å². The fourth-order valence-corrected chi connectivity index (χ4v) is 6.89. The maximum absolute atomic E-state index is 13.7. The van der Waals surface area contributed by atoms with Gasteiger partial charge in [0.15, 0.2) is 18.8 Å². The molecule has 27 heteroatoms. The van der Waals surface area contributed by atoms with Crippen molar-refractivity contribution >= 4 is 65.1 Å². The average Bonchev–Trinajstić information content (AvgIpc) is 3.33. The molecule has 0 aliphatic carbocycles. The van der Waals surface area contributed by atoms with E-state index in [0.717, 1.165) is 34.8 Å². The highest BCUT2D eigenvalue weighted by Gasteiger charge is 2.59. The van der Waals surface area contributed by atoms with Gasteiger partial charge in [-0.25, -0.2) is 4.79 Å². The van der Waals surface area contributed by atoms with Crippen LogP contribution in [0, 0.1) is 0 Å². The predicted molar refractivity (Wildman–Crippen MR) is 255 cm³/mol. The van der Waals surface area contributed by atoms with Crippen LogP contribution in [0.2, 0.25) is 5.02 Å². The van der Waals surface area contributed by atoms with E-state index in [2.05, 4.69) is 21.3 Å². The number of amides is 4. The maximum atomic E-state index is 13.7. The Labute approximate surface area is 434 Å². The Morgan fingerprint density at radius 3 is 1.70 bits per heavy atom. The molecule has 1 aromatic carbocycles. The van der Waals surface area contributed by atoms with Crippen LogP contribution in [-0.2, 0) is 111 Å². The third-order valence-corrected chi connectivity index (χ3v) is 10.2. The number of rotatable bonds is 38. The minimum atomic E-state index is -2.48. The normalized spacial score (nSPS) is 17.9. The van der Waals surface area contributed by atoms with Crippen LogP contribution in [0.5, 0.6) is 0 Å². The van der Waals surface area contributed by atoms with E-state index >= 15 is 0 Å². The van der Waals surface area contributed by atoms with E-state index in [9.17, 15) is 43.2 Å². The van der Waals surface area contributed by atoms with Crippen LogP contribution in [0.1, 0.15) is 53.0 Å². The van der Waals surface area contributed by atoms with Crippen molar-refractivity contribution in [3.05, 3.63) is 34.9 Å². The molecule has 0 saturated carbocycles. The van der Waals surface area contributed by atoms with E-state index in [4.69, 9.17) is 73.2 Å². The van der Waals surface area contributed by atoms with Crippen LogP contribution in [0.3, 0.4) is 0 Å². The van der Waals surface area contributed by atoms with E-state index in [0.29, 0.717) is 63.4 Å². The Bertz CT molecular complexity index is 1910. The molecule has 6 atom stereocenters. The largest absolute Gasteiger partial charge is 0.465 e. The second-order valence-electron chi connectivity index (χ2n) is 16.0. The summed E-state index contributed by atoms with van der Waals surface area (Å²) in [7, 11) is 1.02. The van der Waals surface area contributed by atoms with Gasteiger partial charge in [0.05, 0.1) is 118 Å². The number of hydrogen-bond acceptors (Lipinski definition) is 22. The maximum Gasteiger partial charge on any atom is 0.366 e. The summed E-state index contributed by atoms with van der Waals surface area (Å²) in [4.78, 5) is 113. The number of methoxy groups -OCH3 is 1. The van der Waals surface area contributed by atoms with Gasteiger partial charge in [0, 0.05) is 59.2 Å². The van der Waals surface area contributed by atoms with Gasteiger partial charge in [0.1, 0.15) is 12.2 Å². The minimum absolute atomic E-state index is 0.0401. The molecular formula is C47H71ClN4O22. The number of benzene rings is 1. The molecule has 4 N–H and O–H groups in total. The Morgan fingerprint density at radius 2 is 1.18 bits per heavy atom. The molecule has 1 fully saturated rings. The van der Waals surface area contributed by atoms with Crippen molar-refractivity contribution in [2.24, 2.45) is 0 Å². The topological polar surface area (TPSA) is 322 Å². The SMILES string of the molecule is COC(=O)[C@@]1(OCCOCCOCCNC(=O)CCOCCOCCOCCOCCNC(C)=O)C[C@H](OC(C)=O)[C@@H](NC(=O)COC(C)=O)[C@H]([C@H](OC(C)=O)[C@@H](CNC(=O)Cc2ccc(Cl)cc2)OC(C)=O)O1. The van der Waals surface area contributed by atoms with Crippen LogP contribution >= 0.6 is 11.6 Å². The number of carbonyl (C=O) groups is 9. The molecule has 0 aromatic heterocycles. The molecule has 2 rings (SSSR count). The zero-order valence-corrected chi connectivity index (χ0v) is 43.5. The highest BCUT2D eigenvalue weighted by molar-refractivity contribution is 6.30. The summed E-state index contributed by atoms with van der Waals surface area (Å²) in [6, 6.07) is 4.87. The van der Waals surface area contributed by atoms with E-state index in [1.807, 2.05) is 0 Å². The average molecular weight is 1080 g/mol. The van der Waals surface area contributed by atoms with Crippen LogP contribution < -0.4 is 21.3 Å². The van der Waals surface area contributed by atoms with Crippen LogP contribution in [0.15, 0.2) is 24.3 Å². The number of nitrogens with one attached hydrogen (secondary N) is 4. The number of halogens is 1. The fourth-order valence-electron chi connectivity index (χ4n) is 6.77. The Morgan fingerprint density at radius 1 is 0.635 bits per heavy atom. The van der Waals surface area contributed by atoms with Crippen LogP contribution in [0.4, 0.5) is 0 Å². The zero-order valence-electron chi connectivity index (χ0n) is 42.7. The lowest BCUT2D eigenvalue weighted by molar-refractivity contribution is -0.315. The first-order chi connectivity index (χ1) is 35.3. The van der Waals surface area contributed by atoms with Crippen molar-refractivity contribution in [1.29, 1.82) is 0 Å². The van der Waals surface area contributed by atoms with Gasteiger partial charge in [-0.1, -0.05) is 23.7 Å². The number of hydrogen-bond donors (Lipinski definition) is 4. The molecule has 1 aliphatic heterocycles.